The molecule has 1 saturated heterocycles. The zero-order valence-electron chi connectivity index (χ0n) is 16.5. The molecule has 1 atom stereocenters. The van der Waals surface area contributed by atoms with E-state index in [1.165, 1.54) is 6.92 Å². The number of amides is 1. The van der Waals surface area contributed by atoms with Crippen LogP contribution in [0, 0.1) is 5.41 Å². The van der Waals surface area contributed by atoms with Gasteiger partial charge in [0, 0.05) is 50.9 Å². The molecule has 1 aromatic carbocycles. The smallest absolute Gasteiger partial charge is 0.221 e. The fourth-order valence-corrected chi connectivity index (χ4v) is 3.01. The molecule has 1 amide bonds. The largest absolute Gasteiger partial charge is 0.492 e. The van der Waals surface area contributed by atoms with Crippen LogP contribution in [0.2, 0.25) is 0 Å². The number of hydrogen-bond acceptors (Lipinski definition) is 5. The third-order valence-electron chi connectivity index (χ3n) is 4.50. The fourth-order valence-electron chi connectivity index (χ4n) is 3.01. The second-order valence-corrected chi connectivity index (χ2v) is 6.69. The Morgan fingerprint density at radius 3 is 2.86 bits per heavy atom. The van der Waals surface area contributed by atoms with E-state index in [0.29, 0.717) is 50.1 Å². The molecule has 1 aromatic rings. The summed E-state index contributed by atoms with van der Waals surface area (Å²) in [4.78, 5) is 15.3. The van der Waals surface area contributed by atoms with Crippen molar-refractivity contribution in [1.29, 1.82) is 0 Å². The first-order valence-electron chi connectivity index (χ1n) is 9.20. The molecule has 4 N–H and O–H groups in total. The quantitative estimate of drug-likeness (QED) is 0.176. The van der Waals surface area contributed by atoms with Gasteiger partial charge in [0.25, 0.3) is 0 Å². The Morgan fingerprint density at radius 1 is 1.39 bits per heavy atom. The Balaban J connectivity index is 0.00000392. The van der Waals surface area contributed by atoms with E-state index >= 15 is 0 Å². The molecule has 0 saturated carbocycles. The van der Waals surface area contributed by atoms with Crippen molar-refractivity contribution in [3.63, 3.8) is 0 Å². The summed E-state index contributed by atoms with van der Waals surface area (Å²) in [5.74, 6) is 1.26. The van der Waals surface area contributed by atoms with Crippen molar-refractivity contribution in [3.8, 4) is 5.75 Å². The molecule has 158 valence electrons. The maximum Gasteiger partial charge on any atom is 0.221 e. The number of guanidine groups is 1. The van der Waals surface area contributed by atoms with E-state index in [2.05, 4.69) is 20.9 Å². The zero-order valence-corrected chi connectivity index (χ0v) is 18.8. The molecule has 0 radical (unpaired) electrons. The van der Waals surface area contributed by atoms with Crippen molar-refractivity contribution in [2.75, 3.05) is 51.9 Å². The second-order valence-electron chi connectivity index (χ2n) is 6.69. The summed E-state index contributed by atoms with van der Waals surface area (Å²) in [5.41, 5.74) is 0.672. The lowest BCUT2D eigenvalue weighted by molar-refractivity contribution is -0.114. The molecular formula is C19H31IN4O4. The van der Waals surface area contributed by atoms with Gasteiger partial charge in [-0.1, -0.05) is 6.07 Å². The molecule has 9 heteroatoms. The molecule has 0 bridgehead atoms. The summed E-state index contributed by atoms with van der Waals surface area (Å²) in [6, 6.07) is 7.27. The monoisotopic (exact) mass is 506 g/mol. The van der Waals surface area contributed by atoms with E-state index in [9.17, 15) is 9.90 Å². The highest BCUT2D eigenvalue weighted by Gasteiger charge is 2.34. The Hall–Kier alpha value is -1.59. The molecule has 1 unspecified atom stereocenters. The van der Waals surface area contributed by atoms with E-state index < -0.39 is 0 Å². The van der Waals surface area contributed by atoms with Crippen molar-refractivity contribution < 1.29 is 19.4 Å². The average Bonchev–Trinajstić information content (AvgIpc) is 3.10. The molecule has 0 aromatic heterocycles. The van der Waals surface area contributed by atoms with Gasteiger partial charge in [-0.15, -0.1) is 24.0 Å². The number of aliphatic hydroxyl groups excluding tert-OH is 1. The maximum atomic E-state index is 11.1. The van der Waals surface area contributed by atoms with Crippen LogP contribution >= 0.6 is 24.0 Å². The first kappa shape index (κ1) is 24.4. The van der Waals surface area contributed by atoms with Gasteiger partial charge in [-0.05, 0) is 25.0 Å². The Morgan fingerprint density at radius 2 is 2.21 bits per heavy atom. The van der Waals surface area contributed by atoms with Gasteiger partial charge in [0.1, 0.15) is 12.4 Å². The van der Waals surface area contributed by atoms with Crippen molar-refractivity contribution in [1.82, 2.24) is 10.6 Å². The van der Waals surface area contributed by atoms with Gasteiger partial charge in [0.15, 0.2) is 5.96 Å². The number of aliphatic hydroxyl groups is 1. The number of benzene rings is 1. The lowest BCUT2D eigenvalue weighted by Crippen LogP contribution is -2.45. The molecule has 8 nitrogen and oxygen atoms in total. The fraction of sp³-hybridized carbons (Fsp3) is 0.579. The molecule has 1 aliphatic rings. The SMILES string of the molecule is CN=C(NCCOc1cccc(NC(C)=O)c1)NCC1(CCO)CCOC1.I. The van der Waals surface area contributed by atoms with E-state index in [4.69, 9.17) is 9.47 Å². The third-order valence-corrected chi connectivity index (χ3v) is 4.50. The third kappa shape index (κ3) is 8.19. The van der Waals surface area contributed by atoms with Crippen molar-refractivity contribution >= 4 is 41.5 Å². The average molecular weight is 506 g/mol. The summed E-state index contributed by atoms with van der Waals surface area (Å²) in [5, 5.41) is 18.5. The van der Waals surface area contributed by atoms with E-state index in [1.807, 2.05) is 18.2 Å². The van der Waals surface area contributed by atoms with E-state index in [1.54, 1.807) is 13.1 Å². The molecular weight excluding hydrogens is 475 g/mol. The molecule has 1 aliphatic heterocycles. The van der Waals surface area contributed by atoms with Crippen LogP contribution in [0.1, 0.15) is 19.8 Å². The molecule has 0 aliphatic carbocycles. The molecule has 1 fully saturated rings. The predicted molar refractivity (Wildman–Crippen MR) is 121 cm³/mol. The molecule has 28 heavy (non-hydrogen) atoms. The number of ether oxygens (including phenoxy) is 2. The van der Waals surface area contributed by atoms with Crippen LogP contribution in [0.25, 0.3) is 0 Å². The number of halogens is 1. The van der Waals surface area contributed by atoms with Gasteiger partial charge >= 0.3 is 0 Å². The number of carbonyl (C=O) groups is 1. The summed E-state index contributed by atoms with van der Waals surface area (Å²) < 4.78 is 11.2. The second kappa shape index (κ2) is 12.8. The van der Waals surface area contributed by atoms with E-state index in [-0.39, 0.29) is 41.9 Å². The van der Waals surface area contributed by atoms with Crippen molar-refractivity contribution in [2.45, 2.75) is 19.8 Å². The summed E-state index contributed by atoms with van der Waals surface area (Å²) in [6.45, 7) is 4.75. The van der Waals surface area contributed by atoms with Gasteiger partial charge in [0.05, 0.1) is 13.2 Å². The number of rotatable bonds is 9. The van der Waals surface area contributed by atoms with Gasteiger partial charge in [-0.2, -0.15) is 0 Å². The highest BCUT2D eigenvalue weighted by Crippen LogP contribution is 2.31. The van der Waals surface area contributed by atoms with Gasteiger partial charge < -0.3 is 30.5 Å². The van der Waals surface area contributed by atoms with Crippen LogP contribution in [0.5, 0.6) is 5.75 Å². The maximum absolute atomic E-state index is 11.1. The van der Waals surface area contributed by atoms with Crippen LogP contribution in [-0.2, 0) is 9.53 Å². The number of nitrogens with one attached hydrogen (secondary N) is 3. The minimum Gasteiger partial charge on any atom is -0.492 e. The van der Waals surface area contributed by atoms with Gasteiger partial charge in [-0.25, -0.2) is 0 Å². The van der Waals surface area contributed by atoms with Crippen molar-refractivity contribution in [3.05, 3.63) is 24.3 Å². The zero-order chi connectivity index (χ0) is 19.5. The number of carbonyl (C=O) groups excluding carboxylic acids is 1. The number of anilines is 1. The Labute approximate surface area is 183 Å². The van der Waals surface area contributed by atoms with Crippen LogP contribution in [0.4, 0.5) is 5.69 Å². The Bertz CT molecular complexity index is 636. The van der Waals surface area contributed by atoms with Crippen LogP contribution < -0.4 is 20.7 Å². The first-order valence-corrected chi connectivity index (χ1v) is 9.20. The first-order chi connectivity index (χ1) is 13.1. The Kier molecular flexibility index (Phi) is 11.2. The number of nitrogens with zero attached hydrogens (tertiary/aromatic N) is 1. The molecule has 2 rings (SSSR count). The molecule has 1 heterocycles. The minimum atomic E-state index is -0.115. The summed E-state index contributed by atoms with van der Waals surface area (Å²) >= 11 is 0. The summed E-state index contributed by atoms with van der Waals surface area (Å²) in [6.07, 6.45) is 1.65. The highest BCUT2D eigenvalue weighted by atomic mass is 127. The van der Waals surface area contributed by atoms with Gasteiger partial charge in [0.2, 0.25) is 5.91 Å². The van der Waals surface area contributed by atoms with E-state index in [0.717, 1.165) is 13.0 Å². The predicted octanol–water partition coefficient (Wildman–Crippen LogP) is 1.60. The normalized spacial score (nSPS) is 18.9. The van der Waals surface area contributed by atoms with Crippen LogP contribution in [0.3, 0.4) is 0 Å². The van der Waals surface area contributed by atoms with Crippen LogP contribution in [0.15, 0.2) is 29.3 Å². The summed E-state index contributed by atoms with van der Waals surface area (Å²) in [7, 11) is 1.72. The van der Waals surface area contributed by atoms with Crippen LogP contribution in [-0.4, -0.2) is 63.5 Å². The number of aliphatic imine (C=N–C) groups is 1. The lowest BCUT2D eigenvalue weighted by atomic mass is 9.84. The topological polar surface area (TPSA) is 104 Å². The highest BCUT2D eigenvalue weighted by molar-refractivity contribution is 14.0. The number of hydrogen-bond donors (Lipinski definition) is 4. The molecule has 0 spiro atoms. The van der Waals surface area contributed by atoms with Gasteiger partial charge in [-0.3, -0.25) is 9.79 Å². The lowest BCUT2D eigenvalue weighted by Gasteiger charge is -2.27. The van der Waals surface area contributed by atoms with Crippen molar-refractivity contribution in [2.24, 2.45) is 10.4 Å². The standard InChI is InChI=1S/C19H30N4O4.HI/c1-15(25)23-16-4-3-5-17(12-16)27-11-8-21-18(20-2)22-13-19(6-9-24)7-10-26-14-19;/h3-5,12,24H,6-11,13-14H2,1-2H3,(H,23,25)(H2,20,21,22);1H. The minimum absolute atomic E-state index is 0.